The molecule has 0 N–H and O–H groups in total. The van der Waals surface area contributed by atoms with Crippen molar-refractivity contribution >= 4 is 22.7 Å². The third-order valence-corrected chi connectivity index (χ3v) is 5.60. The van der Waals surface area contributed by atoms with Crippen LogP contribution in [0.5, 0.6) is 0 Å². The number of halogens is 3. The Morgan fingerprint density at radius 3 is 2.35 bits per heavy atom. The molecule has 7 nitrogen and oxygen atoms in total. The van der Waals surface area contributed by atoms with Crippen LogP contribution in [-0.2, 0) is 10.9 Å². The minimum Gasteiger partial charge on any atom is -0.444 e. The Kier molecular flexibility index (Phi) is 6.09. The zero-order valence-electron chi connectivity index (χ0n) is 19.4. The standard InChI is InChI=1S/C24H26F3N5O2/c1-15-14-31(22(33)34-23(2,3)4)11-12-32(15)21-19-13-28-10-9-18(19)20(29-30-21)16-5-7-17(8-6-16)24(25,26)27/h5-10,13,15H,11-12,14H2,1-4H3. The Hall–Kier alpha value is -3.43. The highest BCUT2D eigenvalue weighted by atomic mass is 19.4. The molecular formula is C24H26F3N5O2. The van der Waals surface area contributed by atoms with Gasteiger partial charge in [0.05, 0.1) is 5.56 Å². The predicted molar refractivity (Wildman–Crippen MR) is 122 cm³/mol. The molecule has 3 aromatic rings. The lowest BCUT2D eigenvalue weighted by molar-refractivity contribution is -0.137. The van der Waals surface area contributed by atoms with Gasteiger partial charge in [-0.15, -0.1) is 10.2 Å². The van der Waals surface area contributed by atoms with Crippen LogP contribution in [0.3, 0.4) is 0 Å². The lowest BCUT2D eigenvalue weighted by Crippen LogP contribution is -2.55. The van der Waals surface area contributed by atoms with Gasteiger partial charge in [0.15, 0.2) is 5.82 Å². The van der Waals surface area contributed by atoms with Crippen LogP contribution in [0.15, 0.2) is 42.7 Å². The molecule has 1 aliphatic rings. The van der Waals surface area contributed by atoms with E-state index in [2.05, 4.69) is 20.1 Å². The van der Waals surface area contributed by atoms with Gasteiger partial charge in [-0.25, -0.2) is 4.79 Å². The van der Waals surface area contributed by atoms with Gasteiger partial charge in [-0.05, 0) is 45.9 Å². The van der Waals surface area contributed by atoms with Crippen molar-refractivity contribution in [1.29, 1.82) is 0 Å². The molecule has 34 heavy (non-hydrogen) atoms. The van der Waals surface area contributed by atoms with E-state index in [1.165, 1.54) is 12.1 Å². The van der Waals surface area contributed by atoms with Crippen LogP contribution in [0, 0.1) is 0 Å². The van der Waals surface area contributed by atoms with Gasteiger partial charge in [0.1, 0.15) is 11.3 Å². The van der Waals surface area contributed by atoms with Gasteiger partial charge in [-0.2, -0.15) is 13.2 Å². The number of pyridine rings is 1. The number of hydrogen-bond donors (Lipinski definition) is 0. The second-order valence-corrected chi connectivity index (χ2v) is 9.34. The van der Waals surface area contributed by atoms with Gasteiger partial charge in [0.25, 0.3) is 0 Å². The highest BCUT2D eigenvalue weighted by Gasteiger charge is 2.32. The SMILES string of the molecule is CC1CN(C(=O)OC(C)(C)C)CCN1c1nnc(-c2ccc(C(F)(F)F)cc2)c2ccncc12. The summed E-state index contributed by atoms with van der Waals surface area (Å²) in [5.41, 5.74) is -0.275. The van der Waals surface area contributed by atoms with Crippen LogP contribution in [-0.4, -0.2) is 57.5 Å². The number of anilines is 1. The fourth-order valence-corrected chi connectivity index (χ4v) is 3.99. The first-order valence-corrected chi connectivity index (χ1v) is 11.0. The molecule has 0 radical (unpaired) electrons. The summed E-state index contributed by atoms with van der Waals surface area (Å²) in [7, 11) is 0. The molecular weight excluding hydrogens is 447 g/mol. The summed E-state index contributed by atoms with van der Waals surface area (Å²) in [6, 6.07) is 6.59. The molecule has 1 saturated heterocycles. The lowest BCUT2D eigenvalue weighted by Gasteiger charge is -2.40. The monoisotopic (exact) mass is 473 g/mol. The molecule has 1 atom stereocenters. The first-order chi connectivity index (χ1) is 15.9. The van der Waals surface area contributed by atoms with Crippen molar-refractivity contribution in [2.75, 3.05) is 24.5 Å². The molecule has 3 heterocycles. The average molecular weight is 473 g/mol. The topological polar surface area (TPSA) is 71.5 Å². The maximum atomic E-state index is 13.0. The molecule has 1 unspecified atom stereocenters. The molecule has 0 saturated carbocycles. The zero-order chi connectivity index (χ0) is 24.7. The third-order valence-electron chi connectivity index (χ3n) is 5.60. The van der Waals surface area contributed by atoms with E-state index in [4.69, 9.17) is 4.74 Å². The third kappa shape index (κ3) is 4.90. The smallest absolute Gasteiger partial charge is 0.416 e. The van der Waals surface area contributed by atoms with Crippen molar-refractivity contribution in [3.63, 3.8) is 0 Å². The molecule has 1 aliphatic heterocycles. The van der Waals surface area contributed by atoms with Crippen LogP contribution in [0.4, 0.5) is 23.8 Å². The maximum Gasteiger partial charge on any atom is 0.416 e. The second kappa shape index (κ2) is 8.73. The van der Waals surface area contributed by atoms with Crippen LogP contribution < -0.4 is 4.90 Å². The first-order valence-electron chi connectivity index (χ1n) is 11.0. The Morgan fingerprint density at radius 1 is 1.03 bits per heavy atom. The van der Waals surface area contributed by atoms with Crippen molar-refractivity contribution in [3.05, 3.63) is 48.3 Å². The molecule has 0 spiro atoms. The molecule has 1 aromatic carbocycles. The predicted octanol–water partition coefficient (Wildman–Crippen LogP) is 5.16. The van der Waals surface area contributed by atoms with Crippen LogP contribution in [0.25, 0.3) is 22.0 Å². The minimum absolute atomic E-state index is 0.0594. The van der Waals surface area contributed by atoms with Gasteiger partial charge in [-0.3, -0.25) is 4.98 Å². The van der Waals surface area contributed by atoms with Gasteiger partial charge < -0.3 is 14.5 Å². The first kappa shape index (κ1) is 23.7. The fraction of sp³-hybridized carbons (Fsp3) is 0.417. The molecule has 0 aliphatic carbocycles. The summed E-state index contributed by atoms with van der Waals surface area (Å²) in [5, 5.41) is 10.3. The highest BCUT2D eigenvalue weighted by molar-refractivity contribution is 5.99. The van der Waals surface area contributed by atoms with Crippen molar-refractivity contribution in [2.45, 2.75) is 45.5 Å². The van der Waals surface area contributed by atoms with E-state index in [1.807, 2.05) is 27.7 Å². The summed E-state index contributed by atoms with van der Waals surface area (Å²) < 4.78 is 44.4. The molecule has 180 valence electrons. The van der Waals surface area contributed by atoms with Crippen molar-refractivity contribution in [3.8, 4) is 11.3 Å². The Morgan fingerprint density at radius 2 is 1.74 bits per heavy atom. The van der Waals surface area contributed by atoms with Gasteiger partial charge >= 0.3 is 12.3 Å². The Bertz CT molecular complexity index is 1190. The number of carbonyl (C=O) groups is 1. The fourth-order valence-electron chi connectivity index (χ4n) is 3.99. The highest BCUT2D eigenvalue weighted by Crippen LogP contribution is 2.34. The number of aromatic nitrogens is 3. The van der Waals surface area contributed by atoms with E-state index in [1.54, 1.807) is 23.4 Å². The average Bonchev–Trinajstić information content (AvgIpc) is 2.77. The van der Waals surface area contributed by atoms with E-state index in [0.717, 1.165) is 22.9 Å². The lowest BCUT2D eigenvalue weighted by atomic mass is 10.0. The number of piperazine rings is 1. The number of benzene rings is 1. The van der Waals surface area contributed by atoms with E-state index in [0.29, 0.717) is 36.7 Å². The summed E-state index contributed by atoms with van der Waals surface area (Å²) in [5.74, 6) is 0.620. The summed E-state index contributed by atoms with van der Waals surface area (Å²) in [6.07, 6.45) is -1.46. The van der Waals surface area contributed by atoms with Crippen molar-refractivity contribution in [1.82, 2.24) is 20.1 Å². The molecule has 2 aromatic heterocycles. The number of alkyl halides is 3. The largest absolute Gasteiger partial charge is 0.444 e. The van der Waals surface area contributed by atoms with E-state index in [-0.39, 0.29) is 12.1 Å². The molecule has 4 rings (SSSR count). The molecule has 10 heteroatoms. The summed E-state index contributed by atoms with van der Waals surface area (Å²) >= 11 is 0. The van der Waals surface area contributed by atoms with Crippen LogP contribution in [0.2, 0.25) is 0 Å². The number of fused-ring (bicyclic) bond motifs is 1. The van der Waals surface area contributed by atoms with E-state index < -0.39 is 17.3 Å². The van der Waals surface area contributed by atoms with E-state index in [9.17, 15) is 18.0 Å². The number of carbonyl (C=O) groups excluding carboxylic acids is 1. The van der Waals surface area contributed by atoms with E-state index >= 15 is 0 Å². The van der Waals surface area contributed by atoms with Crippen molar-refractivity contribution < 1.29 is 22.7 Å². The van der Waals surface area contributed by atoms with Crippen LogP contribution in [0.1, 0.15) is 33.3 Å². The number of rotatable bonds is 2. The normalized spacial score (nSPS) is 17.2. The molecule has 1 fully saturated rings. The maximum absolute atomic E-state index is 13.0. The number of ether oxygens (including phenoxy) is 1. The van der Waals surface area contributed by atoms with Gasteiger partial charge in [0.2, 0.25) is 0 Å². The second-order valence-electron chi connectivity index (χ2n) is 9.34. The molecule has 0 bridgehead atoms. The van der Waals surface area contributed by atoms with Crippen LogP contribution >= 0.6 is 0 Å². The number of amides is 1. The molecule has 1 amide bonds. The van der Waals surface area contributed by atoms with Crippen molar-refractivity contribution in [2.24, 2.45) is 0 Å². The quantitative estimate of drug-likeness (QED) is 0.512. The number of hydrogen-bond acceptors (Lipinski definition) is 6. The Labute approximate surface area is 195 Å². The Balaban J connectivity index is 1.63. The zero-order valence-corrected chi connectivity index (χ0v) is 19.4. The van der Waals surface area contributed by atoms with Gasteiger partial charge in [0, 0.05) is 54.4 Å². The number of nitrogens with zero attached hydrogens (tertiary/aromatic N) is 5. The minimum atomic E-state index is -4.41. The summed E-state index contributed by atoms with van der Waals surface area (Å²) in [4.78, 5) is 20.5. The van der Waals surface area contributed by atoms with Gasteiger partial charge in [-0.1, -0.05) is 12.1 Å². The summed E-state index contributed by atoms with van der Waals surface area (Å²) in [6.45, 7) is 8.93.